The van der Waals surface area contributed by atoms with Gasteiger partial charge >= 0.3 is 0 Å². The Morgan fingerprint density at radius 1 is 1.40 bits per heavy atom. The zero-order chi connectivity index (χ0) is 7.72. The number of hydrogen-bond acceptors (Lipinski definition) is 0. The first-order valence-electron chi connectivity index (χ1n) is 2.78. The third-order valence-corrected chi connectivity index (χ3v) is 1.22. The third kappa shape index (κ3) is 1.25. The first-order valence-corrected chi connectivity index (χ1v) is 2.78. The molecule has 1 unspecified atom stereocenters. The molecule has 52 valence electrons. The van der Waals surface area contributed by atoms with Crippen molar-refractivity contribution in [2.75, 3.05) is 0 Å². The van der Waals surface area contributed by atoms with Crippen molar-refractivity contribution < 1.29 is 13.2 Å². The molecule has 0 amide bonds. The molecule has 1 rings (SSSR count). The molecule has 0 aromatic heterocycles. The Hall–Kier alpha value is -0.665. The second kappa shape index (κ2) is 2.52. The van der Waals surface area contributed by atoms with Crippen molar-refractivity contribution in [2.45, 2.75) is 12.2 Å². The van der Waals surface area contributed by atoms with Gasteiger partial charge in [-0.05, 0) is 0 Å². The van der Waals surface area contributed by atoms with Crippen molar-refractivity contribution in [3.63, 3.8) is 0 Å². The molecule has 0 saturated carbocycles. The van der Waals surface area contributed by atoms with Crippen LogP contribution in [0.1, 0.15) is 6.42 Å². The van der Waals surface area contributed by atoms with Gasteiger partial charge in [0, 0.05) is 6.42 Å². The molecule has 0 spiro atoms. The van der Waals surface area contributed by atoms with Gasteiger partial charge < -0.3 is 0 Å². The molecule has 10 heavy (non-hydrogen) atoms. The second-order valence-corrected chi connectivity index (χ2v) is 2.10. The van der Waals surface area contributed by atoms with Crippen LogP contribution in [0, 0.1) is 0 Å². The van der Waals surface area contributed by atoms with E-state index in [1.165, 1.54) is 0 Å². The lowest BCUT2D eigenvalue weighted by atomic mass is 9.81. The van der Waals surface area contributed by atoms with Gasteiger partial charge in [0.2, 0.25) is 0 Å². The van der Waals surface area contributed by atoms with Crippen LogP contribution in [-0.4, -0.2) is 7.85 Å². The molecule has 0 N–H and O–H groups in total. The van der Waals surface area contributed by atoms with Crippen molar-refractivity contribution >= 4 is 7.85 Å². The van der Waals surface area contributed by atoms with Crippen LogP contribution in [0.5, 0.6) is 0 Å². The quantitative estimate of drug-likeness (QED) is 0.457. The lowest BCUT2D eigenvalue weighted by Crippen LogP contribution is -1.98. The number of rotatable bonds is 0. The lowest BCUT2D eigenvalue weighted by molar-refractivity contribution is 0.461. The Balaban J connectivity index is 2.90. The van der Waals surface area contributed by atoms with Crippen molar-refractivity contribution in [3.8, 4) is 0 Å². The number of hydrogen-bond donors (Lipinski definition) is 0. The van der Waals surface area contributed by atoms with Gasteiger partial charge in [0.05, 0.1) is 7.85 Å². The lowest BCUT2D eigenvalue weighted by Gasteiger charge is -2.10. The fourth-order valence-electron chi connectivity index (χ4n) is 0.746. The summed E-state index contributed by atoms with van der Waals surface area (Å²) >= 11 is 0. The highest BCUT2D eigenvalue weighted by atomic mass is 19.2. The first-order chi connectivity index (χ1) is 4.61. The summed E-state index contributed by atoms with van der Waals surface area (Å²) in [6.45, 7) is 0. The average molecular weight is 144 g/mol. The molecular formula is C6H4BF3. The molecule has 4 heteroatoms. The van der Waals surface area contributed by atoms with Gasteiger partial charge in [0.1, 0.15) is 5.83 Å². The summed E-state index contributed by atoms with van der Waals surface area (Å²) in [6.07, 6.45) is 0.609. The fraction of sp³-hybridized carbons (Fsp3) is 0.333. The molecule has 0 aromatic rings. The Morgan fingerprint density at radius 3 is 2.50 bits per heavy atom. The van der Waals surface area contributed by atoms with E-state index in [-0.39, 0.29) is 6.42 Å². The molecule has 1 atom stereocenters. The van der Waals surface area contributed by atoms with Crippen LogP contribution in [0.3, 0.4) is 0 Å². The second-order valence-electron chi connectivity index (χ2n) is 2.10. The van der Waals surface area contributed by atoms with E-state index in [1.807, 2.05) is 0 Å². The average Bonchev–Trinajstić information content (AvgIpc) is 1.82. The van der Waals surface area contributed by atoms with E-state index >= 15 is 0 Å². The van der Waals surface area contributed by atoms with Crippen molar-refractivity contribution in [1.82, 2.24) is 0 Å². The van der Waals surface area contributed by atoms with E-state index in [0.29, 0.717) is 0 Å². The summed E-state index contributed by atoms with van der Waals surface area (Å²) in [6, 6.07) is 0. The smallest absolute Gasteiger partial charge is 0.189 e. The standard InChI is InChI=1S/C6H4BF3/c7-3-1-4(8)6(10)5(9)2-3/h1,3H,2H2. The SMILES string of the molecule is [B]C1C=C(F)C(F)=C(F)C1. The maximum Gasteiger partial charge on any atom is 0.189 e. The molecule has 0 fully saturated rings. The van der Waals surface area contributed by atoms with Gasteiger partial charge in [-0.1, -0.05) is 11.9 Å². The van der Waals surface area contributed by atoms with Crippen LogP contribution in [0.2, 0.25) is 5.82 Å². The van der Waals surface area contributed by atoms with Crippen LogP contribution in [-0.2, 0) is 0 Å². The fourth-order valence-corrected chi connectivity index (χ4v) is 0.746. The van der Waals surface area contributed by atoms with Gasteiger partial charge in [-0.15, -0.1) is 0 Å². The Labute approximate surface area is 57.8 Å². The summed E-state index contributed by atoms with van der Waals surface area (Å²) in [5.41, 5.74) is 0. The zero-order valence-corrected chi connectivity index (χ0v) is 5.07. The van der Waals surface area contributed by atoms with Gasteiger partial charge in [0.25, 0.3) is 0 Å². The van der Waals surface area contributed by atoms with E-state index in [2.05, 4.69) is 0 Å². The van der Waals surface area contributed by atoms with E-state index in [1.54, 1.807) is 0 Å². The van der Waals surface area contributed by atoms with Crippen molar-refractivity contribution in [3.05, 3.63) is 23.6 Å². The molecule has 0 aliphatic heterocycles. The highest BCUT2D eigenvalue weighted by molar-refractivity contribution is 6.13. The van der Waals surface area contributed by atoms with Crippen LogP contribution >= 0.6 is 0 Å². The Kier molecular flexibility index (Phi) is 1.88. The summed E-state index contributed by atoms with van der Waals surface area (Å²) in [7, 11) is 5.12. The summed E-state index contributed by atoms with van der Waals surface area (Å²) in [5.74, 6) is -4.45. The van der Waals surface area contributed by atoms with E-state index in [9.17, 15) is 13.2 Å². The topological polar surface area (TPSA) is 0 Å². The molecule has 0 nitrogen and oxygen atoms in total. The van der Waals surface area contributed by atoms with Crippen LogP contribution < -0.4 is 0 Å². The van der Waals surface area contributed by atoms with Crippen LogP contribution in [0.4, 0.5) is 13.2 Å². The molecule has 1 aliphatic rings. The normalized spacial score (nSPS) is 26.7. The molecule has 1 aliphatic carbocycles. The molecule has 0 bridgehead atoms. The monoisotopic (exact) mass is 144 g/mol. The Morgan fingerprint density at radius 2 is 2.00 bits per heavy atom. The van der Waals surface area contributed by atoms with Gasteiger partial charge in [0.15, 0.2) is 11.7 Å². The first kappa shape index (κ1) is 7.44. The number of halogens is 3. The van der Waals surface area contributed by atoms with Gasteiger partial charge in [-0.2, -0.15) is 0 Å². The van der Waals surface area contributed by atoms with Crippen molar-refractivity contribution in [2.24, 2.45) is 0 Å². The summed E-state index contributed by atoms with van der Waals surface area (Å²) in [5, 5.41) is 0. The van der Waals surface area contributed by atoms with E-state index < -0.39 is 23.3 Å². The van der Waals surface area contributed by atoms with E-state index in [4.69, 9.17) is 7.85 Å². The third-order valence-electron chi connectivity index (χ3n) is 1.22. The molecule has 0 saturated heterocycles. The maximum atomic E-state index is 12.2. The van der Waals surface area contributed by atoms with Gasteiger partial charge in [-0.25, -0.2) is 13.2 Å². The largest absolute Gasteiger partial charge is 0.209 e. The minimum absolute atomic E-state index is 0.251. The highest BCUT2D eigenvalue weighted by Gasteiger charge is 2.19. The molecule has 0 aromatic carbocycles. The summed E-state index contributed by atoms with van der Waals surface area (Å²) in [4.78, 5) is 0. The molecule has 0 heterocycles. The molecular weight excluding hydrogens is 140 g/mol. The predicted octanol–water partition coefficient (Wildman–Crippen LogP) is 2.35. The highest BCUT2D eigenvalue weighted by Crippen LogP contribution is 2.32. The van der Waals surface area contributed by atoms with Gasteiger partial charge in [-0.3, -0.25) is 0 Å². The minimum atomic E-state index is -1.42. The van der Waals surface area contributed by atoms with Crippen molar-refractivity contribution in [1.29, 1.82) is 0 Å². The molecule has 2 radical (unpaired) electrons. The number of allylic oxidation sites excluding steroid dienone is 4. The zero-order valence-electron chi connectivity index (χ0n) is 5.07. The maximum absolute atomic E-state index is 12.2. The van der Waals surface area contributed by atoms with Crippen LogP contribution in [0.25, 0.3) is 0 Å². The summed E-state index contributed by atoms with van der Waals surface area (Å²) < 4.78 is 36.6. The van der Waals surface area contributed by atoms with E-state index in [0.717, 1.165) is 6.08 Å². The minimum Gasteiger partial charge on any atom is -0.209 e. The Bertz CT molecular complexity index is 207. The van der Waals surface area contributed by atoms with Crippen LogP contribution in [0.15, 0.2) is 23.6 Å². The predicted molar refractivity (Wildman–Crippen MR) is 32.6 cm³/mol.